The highest BCUT2D eigenvalue weighted by atomic mass is 16.3. The summed E-state index contributed by atoms with van der Waals surface area (Å²) in [5.74, 6) is 0. The molecule has 0 rings (SSSR count). The van der Waals surface area contributed by atoms with Crippen LogP contribution in [-0.2, 0) is 0 Å². The Morgan fingerprint density at radius 3 is 2.60 bits per heavy atom. The van der Waals surface area contributed by atoms with Crippen molar-refractivity contribution in [3.05, 3.63) is 0 Å². The molecule has 0 radical (unpaired) electrons. The van der Waals surface area contributed by atoms with Crippen molar-refractivity contribution in [1.29, 1.82) is 0 Å². The van der Waals surface area contributed by atoms with Crippen molar-refractivity contribution >= 4 is 0 Å². The van der Waals surface area contributed by atoms with Gasteiger partial charge >= 0.3 is 0 Å². The molecule has 0 aliphatic rings. The van der Waals surface area contributed by atoms with Gasteiger partial charge in [-0.25, -0.2) is 0 Å². The van der Waals surface area contributed by atoms with Crippen molar-refractivity contribution < 1.29 is 5.11 Å². The number of unbranched alkanes of at least 4 members (excludes halogenated alkanes) is 1. The Morgan fingerprint density at radius 1 is 1.60 bits per heavy atom. The maximum Gasteiger partial charge on any atom is 0.103 e. The molecule has 0 aromatic heterocycles. The van der Waals surface area contributed by atoms with E-state index >= 15 is 0 Å². The lowest BCUT2D eigenvalue weighted by Gasteiger charge is -2.14. The van der Waals surface area contributed by atoms with Gasteiger partial charge in [-0.1, -0.05) is 19.8 Å². The number of aliphatic hydroxyl groups is 1. The van der Waals surface area contributed by atoms with Crippen molar-refractivity contribution in [2.45, 2.75) is 45.5 Å². The van der Waals surface area contributed by atoms with E-state index in [1.54, 1.807) is 6.92 Å². The molecule has 2 unspecified atom stereocenters. The fourth-order valence-electron chi connectivity index (χ4n) is 0.817. The Kier molecular flexibility index (Phi) is 5.58. The van der Waals surface area contributed by atoms with Crippen LogP contribution < -0.4 is 11.1 Å². The number of hydrogen-bond acceptors (Lipinski definition) is 3. The molecule has 0 heterocycles. The molecule has 0 saturated carbocycles. The highest BCUT2D eigenvalue weighted by Crippen LogP contribution is 1.95. The van der Waals surface area contributed by atoms with Crippen LogP contribution in [0.4, 0.5) is 0 Å². The Bertz CT molecular complexity index is 76.0. The van der Waals surface area contributed by atoms with Gasteiger partial charge in [0, 0.05) is 0 Å². The zero-order valence-electron chi connectivity index (χ0n) is 6.80. The van der Waals surface area contributed by atoms with Gasteiger partial charge in [0.1, 0.15) is 6.23 Å². The number of aliphatic hydroxyl groups excluding tert-OH is 1. The van der Waals surface area contributed by atoms with E-state index in [1.807, 2.05) is 0 Å². The summed E-state index contributed by atoms with van der Waals surface area (Å²) in [4.78, 5) is 0. The normalized spacial score (nSPS) is 16.8. The second-order valence-electron chi connectivity index (χ2n) is 2.59. The average Bonchev–Trinajstić information content (AvgIpc) is 1.82. The predicted octanol–water partition coefficient (Wildman–Crippen LogP) is 0.389. The molecule has 0 bridgehead atoms. The van der Waals surface area contributed by atoms with E-state index in [9.17, 15) is 0 Å². The maximum atomic E-state index is 8.83. The molecule has 0 spiro atoms. The molecule has 62 valence electrons. The van der Waals surface area contributed by atoms with E-state index in [0.29, 0.717) is 0 Å². The Hall–Kier alpha value is -0.120. The third-order valence-electron chi connectivity index (χ3n) is 1.32. The third kappa shape index (κ3) is 6.01. The smallest absolute Gasteiger partial charge is 0.103 e. The van der Waals surface area contributed by atoms with Crippen LogP contribution >= 0.6 is 0 Å². The summed E-state index contributed by atoms with van der Waals surface area (Å²) in [5.41, 5.74) is 5.59. The highest BCUT2D eigenvalue weighted by Gasteiger charge is 2.02. The van der Waals surface area contributed by atoms with Crippen molar-refractivity contribution in [3.8, 4) is 0 Å². The molecule has 3 heteroatoms. The lowest BCUT2D eigenvalue weighted by atomic mass is 10.2. The predicted molar refractivity (Wildman–Crippen MR) is 42.3 cm³/mol. The molecular formula is C7H18N2O. The average molecular weight is 146 g/mol. The van der Waals surface area contributed by atoms with Gasteiger partial charge in [-0.15, -0.1) is 0 Å². The second-order valence-corrected chi connectivity index (χ2v) is 2.59. The molecule has 10 heavy (non-hydrogen) atoms. The minimum Gasteiger partial charge on any atom is -0.379 e. The van der Waals surface area contributed by atoms with E-state index in [4.69, 9.17) is 10.8 Å². The SMILES string of the molecule is CCCCC(N)NC(C)O. The van der Waals surface area contributed by atoms with Crippen LogP contribution in [0.25, 0.3) is 0 Å². The number of hydrogen-bond donors (Lipinski definition) is 3. The zero-order chi connectivity index (χ0) is 7.98. The summed E-state index contributed by atoms with van der Waals surface area (Å²) in [6.45, 7) is 3.79. The number of nitrogens with one attached hydrogen (secondary N) is 1. The Morgan fingerprint density at radius 2 is 2.20 bits per heavy atom. The fourth-order valence-corrected chi connectivity index (χ4v) is 0.817. The molecule has 0 fully saturated rings. The summed E-state index contributed by atoms with van der Waals surface area (Å²) in [6.07, 6.45) is 2.64. The van der Waals surface area contributed by atoms with Crippen molar-refractivity contribution in [2.75, 3.05) is 0 Å². The van der Waals surface area contributed by atoms with Gasteiger partial charge in [-0.3, -0.25) is 5.32 Å². The first kappa shape index (κ1) is 9.88. The molecule has 0 aliphatic heterocycles. The molecule has 0 aliphatic carbocycles. The van der Waals surface area contributed by atoms with E-state index in [-0.39, 0.29) is 6.17 Å². The molecular weight excluding hydrogens is 128 g/mol. The van der Waals surface area contributed by atoms with Crippen LogP contribution in [0.15, 0.2) is 0 Å². The Balaban J connectivity index is 3.16. The quantitative estimate of drug-likeness (QED) is 0.492. The zero-order valence-corrected chi connectivity index (χ0v) is 6.80. The van der Waals surface area contributed by atoms with Gasteiger partial charge in [0.2, 0.25) is 0 Å². The monoisotopic (exact) mass is 146 g/mol. The summed E-state index contributed by atoms with van der Waals surface area (Å²) in [5, 5.41) is 11.6. The maximum absolute atomic E-state index is 8.83. The van der Waals surface area contributed by atoms with Crippen molar-refractivity contribution in [3.63, 3.8) is 0 Å². The van der Waals surface area contributed by atoms with Crippen LogP contribution in [0, 0.1) is 0 Å². The van der Waals surface area contributed by atoms with Crippen LogP contribution in [0.3, 0.4) is 0 Å². The molecule has 4 N–H and O–H groups in total. The first-order valence-electron chi connectivity index (χ1n) is 3.86. The highest BCUT2D eigenvalue weighted by molar-refractivity contribution is 4.58. The van der Waals surface area contributed by atoms with Gasteiger partial charge < -0.3 is 10.8 Å². The van der Waals surface area contributed by atoms with E-state index < -0.39 is 6.23 Å². The number of nitrogens with two attached hydrogens (primary N) is 1. The van der Waals surface area contributed by atoms with Crippen LogP contribution in [0.1, 0.15) is 33.1 Å². The van der Waals surface area contributed by atoms with Gasteiger partial charge in [0.05, 0.1) is 6.17 Å². The Labute approximate surface area is 62.6 Å². The van der Waals surface area contributed by atoms with Gasteiger partial charge in [0.15, 0.2) is 0 Å². The molecule has 0 aromatic rings. The largest absolute Gasteiger partial charge is 0.379 e. The van der Waals surface area contributed by atoms with Crippen LogP contribution in [0.5, 0.6) is 0 Å². The molecule has 2 atom stereocenters. The molecule has 0 saturated heterocycles. The molecule has 0 aromatic carbocycles. The van der Waals surface area contributed by atoms with Crippen molar-refractivity contribution in [2.24, 2.45) is 5.73 Å². The summed E-state index contributed by atoms with van der Waals surface area (Å²) < 4.78 is 0. The van der Waals surface area contributed by atoms with Crippen LogP contribution in [0.2, 0.25) is 0 Å². The standard InChI is InChI=1S/C7H18N2O/c1-3-4-5-7(8)9-6(2)10/h6-7,9-10H,3-5,8H2,1-2H3. The summed E-state index contributed by atoms with van der Waals surface area (Å²) in [7, 11) is 0. The molecule has 3 nitrogen and oxygen atoms in total. The van der Waals surface area contributed by atoms with Crippen molar-refractivity contribution in [1.82, 2.24) is 5.32 Å². The van der Waals surface area contributed by atoms with Gasteiger partial charge in [-0.05, 0) is 13.3 Å². The minimum absolute atomic E-state index is 0.0556. The van der Waals surface area contributed by atoms with Gasteiger partial charge in [-0.2, -0.15) is 0 Å². The fraction of sp³-hybridized carbons (Fsp3) is 1.00. The molecule has 0 amide bonds. The topological polar surface area (TPSA) is 58.3 Å². The second kappa shape index (κ2) is 5.65. The lowest BCUT2D eigenvalue weighted by Crippen LogP contribution is -2.42. The minimum atomic E-state index is -0.494. The first-order valence-corrected chi connectivity index (χ1v) is 3.86. The summed E-state index contributed by atoms with van der Waals surface area (Å²) in [6, 6.07) is 0. The lowest BCUT2D eigenvalue weighted by molar-refractivity contribution is 0.138. The van der Waals surface area contributed by atoms with E-state index in [1.165, 1.54) is 0 Å². The van der Waals surface area contributed by atoms with Crippen LogP contribution in [-0.4, -0.2) is 17.5 Å². The summed E-state index contributed by atoms with van der Waals surface area (Å²) >= 11 is 0. The third-order valence-corrected chi connectivity index (χ3v) is 1.32. The van der Waals surface area contributed by atoms with E-state index in [2.05, 4.69) is 12.2 Å². The van der Waals surface area contributed by atoms with Gasteiger partial charge in [0.25, 0.3) is 0 Å². The number of rotatable bonds is 5. The first-order chi connectivity index (χ1) is 4.66. The van der Waals surface area contributed by atoms with E-state index in [0.717, 1.165) is 19.3 Å².